The third kappa shape index (κ3) is 3.64. The summed E-state index contributed by atoms with van der Waals surface area (Å²) in [6, 6.07) is 14.1. The van der Waals surface area contributed by atoms with Crippen LogP contribution in [0, 0.1) is 0 Å². The average molecular weight is 410 g/mol. The molecule has 0 atom stereocenters. The van der Waals surface area contributed by atoms with Gasteiger partial charge in [0.15, 0.2) is 0 Å². The molecule has 2 aromatic carbocycles. The number of pyridine rings is 1. The second-order valence-corrected chi connectivity index (χ2v) is 6.33. The number of anilines is 1. The highest BCUT2D eigenvalue weighted by Gasteiger charge is 2.34. The fourth-order valence-corrected chi connectivity index (χ4v) is 3.03. The van der Waals surface area contributed by atoms with E-state index in [-0.39, 0.29) is 33.7 Å². The lowest BCUT2D eigenvalue weighted by molar-refractivity contribution is -0.137. The number of aromatic amines is 1. The van der Waals surface area contributed by atoms with Gasteiger partial charge in [-0.05, 0) is 30.3 Å². The number of hydrogen-bond donors (Lipinski definition) is 2. The van der Waals surface area contributed by atoms with Gasteiger partial charge in [-0.25, -0.2) is 9.97 Å². The predicted octanol–water partition coefficient (Wildman–Crippen LogP) is 4.26. The number of carbonyl (C=O) groups excluding carboxylic acids is 1. The van der Waals surface area contributed by atoms with Gasteiger partial charge in [0.1, 0.15) is 11.6 Å². The van der Waals surface area contributed by atoms with Crippen molar-refractivity contribution in [3.8, 4) is 11.4 Å². The van der Waals surface area contributed by atoms with Crippen LogP contribution in [0.2, 0.25) is 0 Å². The van der Waals surface area contributed by atoms with E-state index in [0.717, 1.165) is 6.07 Å². The van der Waals surface area contributed by atoms with E-state index >= 15 is 0 Å². The molecule has 1 amide bonds. The lowest BCUT2D eigenvalue weighted by atomic mass is 10.1. The standard InChI is InChI=1S/C21H13F3N4O2/c22-21(23,24)15-9-2-1-6-12(15)18-27-17-13(7-5-8-14(17)20(30)28-18)19(29)26-16-10-3-4-11-25-16/h1-11H,(H,25,26,29)(H,27,28,30). The van der Waals surface area contributed by atoms with Crippen LogP contribution >= 0.6 is 0 Å². The zero-order chi connectivity index (χ0) is 21.3. The molecule has 9 heteroatoms. The number of alkyl halides is 3. The molecule has 0 unspecified atom stereocenters. The van der Waals surface area contributed by atoms with Crippen LogP contribution in [0.4, 0.5) is 19.0 Å². The van der Waals surface area contributed by atoms with Crippen molar-refractivity contribution in [2.24, 2.45) is 0 Å². The summed E-state index contributed by atoms with van der Waals surface area (Å²) < 4.78 is 40.2. The first-order valence-electron chi connectivity index (χ1n) is 8.76. The number of fused-ring (bicyclic) bond motifs is 1. The monoisotopic (exact) mass is 410 g/mol. The first-order valence-corrected chi connectivity index (χ1v) is 8.76. The first kappa shape index (κ1) is 19.3. The van der Waals surface area contributed by atoms with Gasteiger partial charge in [-0.3, -0.25) is 9.59 Å². The fourth-order valence-electron chi connectivity index (χ4n) is 3.03. The van der Waals surface area contributed by atoms with Crippen molar-refractivity contribution < 1.29 is 18.0 Å². The molecule has 150 valence electrons. The van der Waals surface area contributed by atoms with E-state index in [2.05, 4.69) is 20.3 Å². The number of H-pyrrole nitrogens is 1. The van der Waals surface area contributed by atoms with E-state index in [9.17, 15) is 22.8 Å². The Hall–Kier alpha value is -4.01. The Morgan fingerprint density at radius 1 is 0.967 bits per heavy atom. The number of nitrogens with zero attached hydrogens (tertiary/aromatic N) is 2. The van der Waals surface area contributed by atoms with Crippen molar-refractivity contribution in [2.45, 2.75) is 6.18 Å². The van der Waals surface area contributed by atoms with Crippen LogP contribution in [-0.2, 0) is 6.18 Å². The van der Waals surface area contributed by atoms with Crippen LogP contribution in [0.15, 0.2) is 71.7 Å². The molecular weight excluding hydrogens is 397 g/mol. The average Bonchev–Trinajstić information content (AvgIpc) is 2.73. The fraction of sp³-hybridized carbons (Fsp3) is 0.0476. The summed E-state index contributed by atoms with van der Waals surface area (Å²) in [5, 5.41) is 2.66. The molecule has 0 aliphatic heterocycles. The molecule has 6 nitrogen and oxygen atoms in total. The highest BCUT2D eigenvalue weighted by Crippen LogP contribution is 2.35. The molecule has 2 heterocycles. The molecule has 0 bridgehead atoms. The van der Waals surface area contributed by atoms with E-state index in [1.165, 1.54) is 42.6 Å². The van der Waals surface area contributed by atoms with Crippen LogP contribution in [0.25, 0.3) is 22.3 Å². The minimum Gasteiger partial charge on any atom is -0.306 e. The number of aromatic nitrogens is 3. The van der Waals surface area contributed by atoms with Gasteiger partial charge in [0, 0.05) is 11.8 Å². The van der Waals surface area contributed by atoms with Gasteiger partial charge in [-0.15, -0.1) is 0 Å². The lowest BCUT2D eigenvalue weighted by Gasteiger charge is -2.13. The van der Waals surface area contributed by atoms with Crippen molar-refractivity contribution in [3.63, 3.8) is 0 Å². The van der Waals surface area contributed by atoms with Crippen LogP contribution in [-0.4, -0.2) is 20.9 Å². The lowest BCUT2D eigenvalue weighted by Crippen LogP contribution is -2.17. The smallest absolute Gasteiger partial charge is 0.306 e. The number of carbonyl (C=O) groups is 1. The van der Waals surface area contributed by atoms with Crippen molar-refractivity contribution in [3.05, 3.63) is 88.3 Å². The topological polar surface area (TPSA) is 87.7 Å². The van der Waals surface area contributed by atoms with Gasteiger partial charge in [0.2, 0.25) is 0 Å². The second-order valence-electron chi connectivity index (χ2n) is 6.33. The Kier molecular flexibility index (Phi) is 4.78. The Morgan fingerprint density at radius 3 is 2.47 bits per heavy atom. The summed E-state index contributed by atoms with van der Waals surface area (Å²) >= 11 is 0. The summed E-state index contributed by atoms with van der Waals surface area (Å²) in [5.41, 5.74) is -1.86. The Bertz CT molecular complexity index is 1300. The van der Waals surface area contributed by atoms with E-state index in [1.807, 2.05) is 0 Å². The van der Waals surface area contributed by atoms with Crippen molar-refractivity contribution in [2.75, 3.05) is 5.32 Å². The maximum Gasteiger partial charge on any atom is 0.417 e. The van der Waals surface area contributed by atoms with Crippen molar-refractivity contribution in [1.82, 2.24) is 15.0 Å². The van der Waals surface area contributed by atoms with E-state index in [1.54, 1.807) is 18.2 Å². The second kappa shape index (κ2) is 7.43. The molecule has 0 saturated heterocycles. The molecule has 30 heavy (non-hydrogen) atoms. The van der Waals surface area contributed by atoms with E-state index in [4.69, 9.17) is 0 Å². The summed E-state index contributed by atoms with van der Waals surface area (Å²) in [6.07, 6.45) is -3.15. The molecule has 0 fully saturated rings. The minimum absolute atomic E-state index is 0.0124. The van der Waals surface area contributed by atoms with E-state index < -0.39 is 23.2 Å². The third-order valence-electron chi connectivity index (χ3n) is 4.37. The Balaban J connectivity index is 1.88. The van der Waals surface area contributed by atoms with Gasteiger partial charge in [0.25, 0.3) is 11.5 Å². The zero-order valence-corrected chi connectivity index (χ0v) is 15.2. The molecule has 2 N–H and O–H groups in total. The van der Waals surface area contributed by atoms with Crippen LogP contribution in [0.3, 0.4) is 0 Å². The predicted molar refractivity (Wildman–Crippen MR) is 105 cm³/mol. The summed E-state index contributed by atoms with van der Waals surface area (Å²) in [5.74, 6) is -0.585. The summed E-state index contributed by atoms with van der Waals surface area (Å²) in [6.45, 7) is 0. The van der Waals surface area contributed by atoms with Gasteiger partial charge < -0.3 is 10.3 Å². The molecule has 0 radical (unpaired) electrons. The van der Waals surface area contributed by atoms with E-state index in [0.29, 0.717) is 0 Å². The molecular formula is C21H13F3N4O2. The van der Waals surface area contributed by atoms with Gasteiger partial charge in [0.05, 0.1) is 22.0 Å². The molecule has 2 aromatic heterocycles. The normalized spacial score (nSPS) is 11.4. The third-order valence-corrected chi connectivity index (χ3v) is 4.37. The molecule has 0 saturated carbocycles. The largest absolute Gasteiger partial charge is 0.417 e. The van der Waals surface area contributed by atoms with Gasteiger partial charge >= 0.3 is 6.18 Å². The first-order chi connectivity index (χ1) is 14.3. The number of para-hydroxylation sites is 1. The number of rotatable bonds is 3. The highest BCUT2D eigenvalue weighted by atomic mass is 19.4. The summed E-state index contributed by atoms with van der Waals surface area (Å²) in [7, 11) is 0. The molecule has 0 aliphatic rings. The van der Waals surface area contributed by atoms with Crippen molar-refractivity contribution >= 4 is 22.6 Å². The minimum atomic E-state index is -4.64. The summed E-state index contributed by atoms with van der Waals surface area (Å²) in [4.78, 5) is 35.9. The molecule has 0 spiro atoms. The Morgan fingerprint density at radius 2 is 1.73 bits per heavy atom. The van der Waals surface area contributed by atoms with Crippen LogP contribution in [0.1, 0.15) is 15.9 Å². The quantitative estimate of drug-likeness (QED) is 0.528. The maximum atomic E-state index is 13.4. The molecule has 0 aliphatic carbocycles. The molecule has 4 rings (SSSR count). The van der Waals surface area contributed by atoms with Gasteiger partial charge in [-0.1, -0.05) is 30.3 Å². The van der Waals surface area contributed by atoms with Gasteiger partial charge in [-0.2, -0.15) is 13.2 Å². The number of amides is 1. The Labute approximate surface area is 167 Å². The number of hydrogen-bond acceptors (Lipinski definition) is 4. The SMILES string of the molecule is O=C(Nc1ccccn1)c1cccc2c(=O)[nH]c(-c3ccccc3C(F)(F)F)nc12. The zero-order valence-electron chi connectivity index (χ0n) is 15.2. The highest BCUT2D eigenvalue weighted by molar-refractivity contribution is 6.11. The number of benzene rings is 2. The van der Waals surface area contributed by atoms with Crippen molar-refractivity contribution in [1.29, 1.82) is 0 Å². The number of halogens is 3. The molecule has 4 aromatic rings. The maximum absolute atomic E-state index is 13.4. The van der Waals surface area contributed by atoms with Crippen LogP contribution < -0.4 is 10.9 Å². The number of nitrogens with one attached hydrogen (secondary N) is 2. The van der Waals surface area contributed by atoms with Crippen LogP contribution in [0.5, 0.6) is 0 Å².